The van der Waals surface area contributed by atoms with Crippen LogP contribution < -0.4 is 4.90 Å². The van der Waals surface area contributed by atoms with E-state index in [1.807, 2.05) is 32.0 Å². The quantitative estimate of drug-likeness (QED) is 0.108. The number of likely N-dealkylation sites (N-methyl/N-ethyl adjacent to an activating group) is 2. The Hall–Kier alpha value is -5.33. The molecule has 6 aromatic carbocycles. The maximum atomic E-state index is 13.2. The summed E-state index contributed by atoms with van der Waals surface area (Å²) >= 11 is 5.41. The summed E-state index contributed by atoms with van der Waals surface area (Å²) in [5, 5.41) is 7.07. The fourth-order valence-corrected chi connectivity index (χ4v) is 6.53. The zero-order chi connectivity index (χ0) is 31.1. The number of anilines is 3. The fraction of sp³-hybridized carbons (Fsp3) is 0.103. The van der Waals surface area contributed by atoms with Crippen molar-refractivity contribution < 1.29 is 9.59 Å². The van der Waals surface area contributed by atoms with Crippen molar-refractivity contribution in [1.82, 2.24) is 9.80 Å². The number of carbonyl (C=O) groups excluding carboxylic acids is 2. The smallest absolute Gasteiger partial charge is 0.265 e. The van der Waals surface area contributed by atoms with E-state index in [2.05, 4.69) is 108 Å². The van der Waals surface area contributed by atoms with Gasteiger partial charge in [0, 0.05) is 30.2 Å². The molecule has 1 aliphatic rings. The molecule has 0 atom stereocenters. The zero-order valence-corrected chi connectivity index (χ0v) is 25.9. The first kappa shape index (κ1) is 28.4. The molecule has 6 aromatic rings. The van der Waals surface area contributed by atoms with Crippen LogP contribution in [-0.2, 0) is 9.59 Å². The molecule has 1 heterocycles. The molecule has 0 N–H and O–H groups in total. The highest BCUT2D eigenvalue weighted by Crippen LogP contribution is 2.39. The van der Waals surface area contributed by atoms with Crippen molar-refractivity contribution in [2.24, 2.45) is 0 Å². The molecule has 220 valence electrons. The van der Waals surface area contributed by atoms with Crippen LogP contribution in [0.5, 0.6) is 0 Å². The number of nitrogens with zero attached hydrogens (tertiary/aromatic N) is 3. The molecule has 0 bridgehead atoms. The van der Waals surface area contributed by atoms with Gasteiger partial charge < -0.3 is 4.90 Å². The first-order valence-electron chi connectivity index (χ1n) is 15.2. The van der Waals surface area contributed by atoms with Crippen molar-refractivity contribution >= 4 is 84.6 Å². The normalized spacial score (nSPS) is 13.7. The third-order valence-electron chi connectivity index (χ3n) is 8.44. The Morgan fingerprint density at radius 1 is 0.556 bits per heavy atom. The molecule has 0 spiro atoms. The standard InChI is InChI=1S/C39H31N3O2S/c1-3-40-37(43)36(38(44)41(4-2)39(40)45)22-26-13-14-32-25-35(20-17-31(32)21-26)42(33-18-15-27-9-5-7-11-29(27)23-33)34-19-16-28-10-6-8-12-30(28)24-34/h5-25H,3-4H2,1-2H3. The molecule has 1 saturated heterocycles. The van der Waals surface area contributed by atoms with E-state index in [0.717, 1.165) is 33.4 Å². The van der Waals surface area contributed by atoms with Gasteiger partial charge in [0.1, 0.15) is 5.57 Å². The molecule has 5 nitrogen and oxygen atoms in total. The summed E-state index contributed by atoms with van der Waals surface area (Å²) in [7, 11) is 0. The summed E-state index contributed by atoms with van der Waals surface area (Å²) in [6, 6.07) is 42.3. The van der Waals surface area contributed by atoms with Crippen molar-refractivity contribution in [2.45, 2.75) is 13.8 Å². The minimum atomic E-state index is -0.353. The van der Waals surface area contributed by atoms with E-state index in [9.17, 15) is 9.59 Å². The van der Waals surface area contributed by atoms with Gasteiger partial charge in [-0.05, 0) is 112 Å². The number of hydrogen-bond donors (Lipinski definition) is 0. The number of hydrogen-bond acceptors (Lipinski definition) is 4. The number of carbonyl (C=O) groups is 2. The number of fused-ring (bicyclic) bond motifs is 3. The van der Waals surface area contributed by atoms with Gasteiger partial charge in [0.15, 0.2) is 5.11 Å². The van der Waals surface area contributed by atoms with Crippen LogP contribution in [-0.4, -0.2) is 39.8 Å². The first-order chi connectivity index (χ1) is 21.9. The van der Waals surface area contributed by atoms with Crippen LogP contribution in [0.15, 0.2) is 127 Å². The molecule has 0 unspecified atom stereocenters. The van der Waals surface area contributed by atoms with Gasteiger partial charge in [-0.1, -0.05) is 78.9 Å². The van der Waals surface area contributed by atoms with E-state index >= 15 is 0 Å². The van der Waals surface area contributed by atoms with Crippen LogP contribution in [0, 0.1) is 0 Å². The largest absolute Gasteiger partial charge is 0.310 e. The van der Waals surface area contributed by atoms with E-state index in [1.54, 1.807) is 6.08 Å². The number of rotatable bonds is 6. The van der Waals surface area contributed by atoms with E-state index in [1.165, 1.54) is 31.3 Å². The topological polar surface area (TPSA) is 43.9 Å². The summed E-state index contributed by atoms with van der Waals surface area (Å²) in [4.78, 5) is 31.6. The minimum absolute atomic E-state index is 0.127. The van der Waals surface area contributed by atoms with Crippen molar-refractivity contribution in [1.29, 1.82) is 0 Å². The molecule has 0 aliphatic carbocycles. The minimum Gasteiger partial charge on any atom is -0.310 e. The Morgan fingerprint density at radius 3 is 1.44 bits per heavy atom. The molecule has 6 heteroatoms. The van der Waals surface area contributed by atoms with Gasteiger partial charge in [0.25, 0.3) is 11.8 Å². The van der Waals surface area contributed by atoms with Crippen molar-refractivity contribution in [3.05, 3.63) is 132 Å². The van der Waals surface area contributed by atoms with Gasteiger partial charge in [0.2, 0.25) is 0 Å². The average molecular weight is 606 g/mol. The van der Waals surface area contributed by atoms with Crippen LogP contribution in [0.25, 0.3) is 38.4 Å². The lowest BCUT2D eigenvalue weighted by molar-refractivity contribution is -0.133. The van der Waals surface area contributed by atoms with Gasteiger partial charge in [-0.15, -0.1) is 0 Å². The molecule has 1 fully saturated rings. The summed E-state index contributed by atoms with van der Waals surface area (Å²) in [6.07, 6.45) is 1.68. The highest BCUT2D eigenvalue weighted by Gasteiger charge is 2.37. The molecule has 7 rings (SSSR count). The number of thiocarbonyl (C=S) groups is 1. The van der Waals surface area contributed by atoms with E-state index in [-0.39, 0.29) is 22.5 Å². The molecule has 1 aliphatic heterocycles. The molecule has 0 saturated carbocycles. The third kappa shape index (κ3) is 5.13. The second-order valence-corrected chi connectivity index (χ2v) is 11.5. The van der Waals surface area contributed by atoms with Gasteiger partial charge in [-0.25, -0.2) is 0 Å². The lowest BCUT2D eigenvalue weighted by Gasteiger charge is -2.35. The highest BCUT2D eigenvalue weighted by atomic mass is 32.1. The van der Waals surface area contributed by atoms with Crippen molar-refractivity contribution in [3.63, 3.8) is 0 Å². The van der Waals surface area contributed by atoms with E-state index < -0.39 is 0 Å². The Bertz CT molecular complexity index is 2080. The number of amides is 2. The first-order valence-corrected chi connectivity index (χ1v) is 15.6. The van der Waals surface area contributed by atoms with Crippen LogP contribution >= 0.6 is 12.2 Å². The van der Waals surface area contributed by atoms with Gasteiger partial charge in [0.05, 0.1) is 0 Å². The van der Waals surface area contributed by atoms with Crippen LogP contribution in [0.1, 0.15) is 19.4 Å². The zero-order valence-electron chi connectivity index (χ0n) is 25.1. The predicted octanol–water partition coefficient (Wildman–Crippen LogP) is 8.99. The highest BCUT2D eigenvalue weighted by molar-refractivity contribution is 7.80. The van der Waals surface area contributed by atoms with Crippen molar-refractivity contribution in [3.8, 4) is 0 Å². The Balaban J connectivity index is 1.31. The maximum absolute atomic E-state index is 13.2. The Kier molecular flexibility index (Phi) is 7.35. The summed E-state index contributed by atoms with van der Waals surface area (Å²) in [5.74, 6) is -0.705. The monoisotopic (exact) mass is 605 g/mol. The predicted molar refractivity (Wildman–Crippen MR) is 189 cm³/mol. The van der Waals surface area contributed by atoms with Crippen molar-refractivity contribution in [2.75, 3.05) is 18.0 Å². The van der Waals surface area contributed by atoms with Crippen LogP contribution in [0.4, 0.5) is 17.1 Å². The van der Waals surface area contributed by atoms with Crippen LogP contribution in [0.3, 0.4) is 0 Å². The Morgan fingerprint density at radius 2 is 0.956 bits per heavy atom. The van der Waals surface area contributed by atoms with Gasteiger partial charge in [-0.2, -0.15) is 0 Å². The van der Waals surface area contributed by atoms with Crippen LogP contribution in [0.2, 0.25) is 0 Å². The number of benzene rings is 6. The fourth-order valence-electron chi connectivity index (χ4n) is 6.11. The second kappa shape index (κ2) is 11.6. The van der Waals surface area contributed by atoms with E-state index in [4.69, 9.17) is 12.2 Å². The Labute approximate surface area is 267 Å². The molecular formula is C39H31N3O2S. The SMILES string of the molecule is CCN1C(=O)C(=Cc2ccc3cc(N(c4ccc5ccccc5c4)c4ccc5ccccc5c4)ccc3c2)C(=O)N(CC)C1=S. The summed E-state index contributed by atoms with van der Waals surface area (Å²) in [5.41, 5.74) is 4.08. The summed E-state index contributed by atoms with van der Waals surface area (Å²) in [6.45, 7) is 4.53. The average Bonchev–Trinajstić information content (AvgIpc) is 3.07. The summed E-state index contributed by atoms with van der Waals surface area (Å²) < 4.78 is 0. The third-order valence-corrected chi connectivity index (χ3v) is 8.89. The molecule has 45 heavy (non-hydrogen) atoms. The molecule has 0 aromatic heterocycles. The lowest BCUT2D eigenvalue weighted by Crippen LogP contribution is -2.55. The van der Waals surface area contributed by atoms with Gasteiger partial charge >= 0.3 is 0 Å². The lowest BCUT2D eigenvalue weighted by atomic mass is 10.0. The molecule has 2 amide bonds. The molecule has 0 radical (unpaired) electrons. The second-order valence-electron chi connectivity index (χ2n) is 11.1. The van der Waals surface area contributed by atoms with E-state index in [0.29, 0.717) is 13.1 Å². The molecular weight excluding hydrogens is 575 g/mol. The maximum Gasteiger partial charge on any atom is 0.265 e. The van der Waals surface area contributed by atoms with Gasteiger partial charge in [-0.3, -0.25) is 19.4 Å².